The molecule has 1 unspecified atom stereocenters. The first-order valence-corrected chi connectivity index (χ1v) is 9.46. The third-order valence-electron chi connectivity index (χ3n) is 4.39. The van der Waals surface area contributed by atoms with E-state index >= 15 is 0 Å². The number of aromatic nitrogens is 4. The molecule has 3 heterocycles. The van der Waals surface area contributed by atoms with Gasteiger partial charge in [-0.25, -0.2) is 19.9 Å². The summed E-state index contributed by atoms with van der Waals surface area (Å²) < 4.78 is 0. The minimum absolute atomic E-state index is 0.237. The van der Waals surface area contributed by atoms with Crippen LogP contribution in [-0.4, -0.2) is 25.0 Å². The van der Waals surface area contributed by atoms with Crippen molar-refractivity contribution in [2.45, 2.75) is 18.9 Å². The van der Waals surface area contributed by atoms with Gasteiger partial charge in [0.1, 0.15) is 16.3 Å². The van der Waals surface area contributed by atoms with E-state index < -0.39 is 5.60 Å². The SMILES string of the molecule is C#CC(O)(Cc1cccc(-c2ncc3cc(C)nc(N)c3n2)c1)c1nccs1. The van der Waals surface area contributed by atoms with Crippen molar-refractivity contribution >= 4 is 28.1 Å². The molecule has 0 aliphatic heterocycles. The molecule has 1 aromatic carbocycles. The molecule has 138 valence electrons. The van der Waals surface area contributed by atoms with Crippen LogP contribution in [0.2, 0.25) is 0 Å². The average molecular weight is 387 g/mol. The second-order valence-corrected chi connectivity index (χ2v) is 7.39. The fourth-order valence-corrected chi connectivity index (χ4v) is 3.77. The van der Waals surface area contributed by atoms with Gasteiger partial charge in [-0.3, -0.25) is 0 Å². The summed E-state index contributed by atoms with van der Waals surface area (Å²) in [6.45, 7) is 1.88. The van der Waals surface area contributed by atoms with Crippen LogP contribution in [0, 0.1) is 19.3 Å². The Morgan fingerprint density at radius 1 is 1.25 bits per heavy atom. The van der Waals surface area contributed by atoms with Crippen molar-refractivity contribution in [3.8, 4) is 23.7 Å². The molecule has 4 aromatic rings. The largest absolute Gasteiger partial charge is 0.382 e. The molecule has 1 atom stereocenters. The summed E-state index contributed by atoms with van der Waals surface area (Å²) in [6.07, 6.45) is 9.21. The quantitative estimate of drug-likeness (QED) is 0.522. The lowest BCUT2D eigenvalue weighted by molar-refractivity contribution is 0.100. The van der Waals surface area contributed by atoms with Crippen LogP contribution in [0.15, 0.2) is 48.1 Å². The van der Waals surface area contributed by atoms with E-state index in [0.717, 1.165) is 22.2 Å². The fourth-order valence-electron chi connectivity index (χ4n) is 3.07. The van der Waals surface area contributed by atoms with E-state index in [1.165, 1.54) is 11.3 Å². The van der Waals surface area contributed by atoms with Gasteiger partial charge in [0.15, 0.2) is 11.4 Å². The smallest absolute Gasteiger partial charge is 0.181 e. The van der Waals surface area contributed by atoms with Crippen molar-refractivity contribution in [2.75, 3.05) is 5.73 Å². The second kappa shape index (κ2) is 7.00. The van der Waals surface area contributed by atoms with E-state index in [1.807, 2.05) is 37.3 Å². The Morgan fingerprint density at radius 3 is 2.86 bits per heavy atom. The Labute approximate surface area is 166 Å². The minimum Gasteiger partial charge on any atom is -0.382 e. The van der Waals surface area contributed by atoms with Gasteiger partial charge in [0.2, 0.25) is 0 Å². The van der Waals surface area contributed by atoms with Crippen LogP contribution in [0.1, 0.15) is 16.3 Å². The summed E-state index contributed by atoms with van der Waals surface area (Å²) in [4.78, 5) is 17.5. The van der Waals surface area contributed by atoms with Crippen molar-refractivity contribution in [3.63, 3.8) is 0 Å². The van der Waals surface area contributed by atoms with E-state index in [1.54, 1.807) is 17.8 Å². The number of benzene rings is 1. The zero-order valence-electron chi connectivity index (χ0n) is 15.1. The summed E-state index contributed by atoms with van der Waals surface area (Å²) in [6, 6.07) is 9.50. The lowest BCUT2D eigenvalue weighted by Gasteiger charge is -2.19. The predicted octanol–water partition coefficient (Wildman–Crippen LogP) is 3.10. The zero-order chi connectivity index (χ0) is 19.7. The Kier molecular flexibility index (Phi) is 4.51. The molecule has 3 N–H and O–H groups in total. The number of hydrogen-bond acceptors (Lipinski definition) is 7. The predicted molar refractivity (Wildman–Crippen MR) is 110 cm³/mol. The molecule has 0 amide bonds. The van der Waals surface area contributed by atoms with E-state index in [9.17, 15) is 5.11 Å². The molecule has 0 aliphatic carbocycles. The Balaban J connectivity index is 1.71. The first-order chi connectivity index (χ1) is 13.5. The number of aryl methyl sites for hydroxylation is 1. The molecule has 7 heteroatoms. The van der Waals surface area contributed by atoms with Gasteiger partial charge in [0.25, 0.3) is 0 Å². The summed E-state index contributed by atoms with van der Waals surface area (Å²) in [5.74, 6) is 3.38. The number of nitrogen functional groups attached to an aromatic ring is 1. The number of rotatable bonds is 4. The molecule has 0 saturated heterocycles. The molecule has 0 bridgehead atoms. The lowest BCUT2D eigenvalue weighted by atomic mass is 9.94. The van der Waals surface area contributed by atoms with Gasteiger partial charge < -0.3 is 10.8 Å². The summed E-state index contributed by atoms with van der Waals surface area (Å²) >= 11 is 1.33. The van der Waals surface area contributed by atoms with Gasteiger partial charge >= 0.3 is 0 Å². The van der Waals surface area contributed by atoms with E-state index in [-0.39, 0.29) is 6.42 Å². The number of aliphatic hydroxyl groups is 1. The highest BCUT2D eigenvalue weighted by Crippen LogP contribution is 2.29. The molecule has 0 radical (unpaired) electrons. The van der Waals surface area contributed by atoms with Gasteiger partial charge in [-0.15, -0.1) is 17.8 Å². The van der Waals surface area contributed by atoms with Crippen molar-refractivity contribution in [2.24, 2.45) is 0 Å². The van der Waals surface area contributed by atoms with Crippen molar-refractivity contribution in [1.29, 1.82) is 0 Å². The maximum absolute atomic E-state index is 10.9. The van der Waals surface area contributed by atoms with Crippen LogP contribution in [0.3, 0.4) is 0 Å². The van der Waals surface area contributed by atoms with Crippen molar-refractivity contribution < 1.29 is 5.11 Å². The standard InChI is InChI=1S/C21H17N5OS/c1-3-21(27,20-23-7-8-28-20)11-14-5-4-6-15(10-14)19-24-12-16-9-13(2)25-18(22)17(16)26-19/h1,4-10,12,27H,11H2,2H3,(H2,22,25). The molecular formula is C21H17N5OS. The molecule has 0 spiro atoms. The number of fused-ring (bicyclic) bond motifs is 1. The first-order valence-electron chi connectivity index (χ1n) is 8.58. The number of thiazole rings is 1. The van der Waals surface area contributed by atoms with E-state index in [4.69, 9.17) is 12.2 Å². The Hall–Kier alpha value is -3.34. The van der Waals surface area contributed by atoms with Gasteiger partial charge in [-0.1, -0.05) is 24.1 Å². The molecule has 0 fully saturated rings. The maximum Gasteiger partial charge on any atom is 0.181 e. The Bertz CT molecular complexity index is 1200. The maximum atomic E-state index is 10.9. The second-order valence-electron chi connectivity index (χ2n) is 6.50. The monoisotopic (exact) mass is 387 g/mol. The molecule has 3 aromatic heterocycles. The normalized spacial score (nSPS) is 13.2. The average Bonchev–Trinajstić information content (AvgIpc) is 3.23. The van der Waals surface area contributed by atoms with Gasteiger partial charge in [0, 0.05) is 40.8 Å². The van der Waals surface area contributed by atoms with Crippen LogP contribution in [-0.2, 0) is 12.0 Å². The van der Waals surface area contributed by atoms with Crippen LogP contribution in [0.5, 0.6) is 0 Å². The van der Waals surface area contributed by atoms with Gasteiger partial charge in [0.05, 0.1) is 0 Å². The number of terminal acetylenes is 1. The number of nitrogens with two attached hydrogens (primary N) is 1. The molecule has 0 aliphatic rings. The molecular weight excluding hydrogens is 370 g/mol. The fraction of sp³-hybridized carbons (Fsp3) is 0.143. The third-order valence-corrected chi connectivity index (χ3v) is 5.32. The third kappa shape index (κ3) is 3.31. The highest BCUT2D eigenvalue weighted by Gasteiger charge is 2.30. The number of anilines is 1. The van der Waals surface area contributed by atoms with Crippen LogP contribution in [0.25, 0.3) is 22.3 Å². The van der Waals surface area contributed by atoms with Crippen LogP contribution >= 0.6 is 11.3 Å². The van der Waals surface area contributed by atoms with Gasteiger partial charge in [-0.2, -0.15) is 0 Å². The van der Waals surface area contributed by atoms with Crippen LogP contribution in [0.4, 0.5) is 5.82 Å². The van der Waals surface area contributed by atoms with Crippen molar-refractivity contribution in [3.05, 3.63) is 64.4 Å². The molecule has 0 saturated carbocycles. The molecule has 28 heavy (non-hydrogen) atoms. The van der Waals surface area contributed by atoms with E-state index in [2.05, 4.69) is 25.9 Å². The van der Waals surface area contributed by atoms with Gasteiger partial charge in [-0.05, 0) is 24.6 Å². The van der Waals surface area contributed by atoms with E-state index in [0.29, 0.717) is 22.2 Å². The Morgan fingerprint density at radius 2 is 2.11 bits per heavy atom. The summed E-state index contributed by atoms with van der Waals surface area (Å²) in [5, 5.41) is 14.0. The number of nitrogens with zero attached hydrogens (tertiary/aromatic N) is 4. The van der Waals surface area contributed by atoms with Crippen molar-refractivity contribution in [1.82, 2.24) is 19.9 Å². The highest BCUT2D eigenvalue weighted by atomic mass is 32.1. The highest BCUT2D eigenvalue weighted by molar-refractivity contribution is 7.09. The van der Waals surface area contributed by atoms with Crippen LogP contribution < -0.4 is 5.73 Å². The number of pyridine rings is 1. The molecule has 4 rings (SSSR count). The number of hydrogen-bond donors (Lipinski definition) is 2. The summed E-state index contributed by atoms with van der Waals surface area (Å²) in [5.41, 5.74) is 7.66. The first kappa shape index (κ1) is 18.0. The lowest BCUT2D eigenvalue weighted by Crippen LogP contribution is -2.26. The zero-order valence-corrected chi connectivity index (χ0v) is 15.9. The summed E-state index contributed by atoms with van der Waals surface area (Å²) in [7, 11) is 0. The topological polar surface area (TPSA) is 97.8 Å². The minimum atomic E-state index is -1.46. The molecule has 6 nitrogen and oxygen atoms in total.